The molecule has 0 radical (unpaired) electrons. The van der Waals surface area contributed by atoms with E-state index in [2.05, 4.69) is 50.4 Å². The first-order chi connectivity index (χ1) is 10.3. The number of piperidine rings is 1. The van der Waals surface area contributed by atoms with Crippen LogP contribution in [0.2, 0.25) is 0 Å². The monoisotopic (exact) mass is 350 g/mol. The number of rotatable bonds is 6. The molecular weight excluding hydrogens is 324 g/mol. The largest absolute Gasteiger partial charge is 0.314 e. The van der Waals surface area contributed by atoms with E-state index in [-0.39, 0.29) is 0 Å². The summed E-state index contributed by atoms with van der Waals surface area (Å²) in [5.41, 5.74) is 1.49. The minimum Gasteiger partial charge on any atom is -0.314 e. The third kappa shape index (κ3) is 4.30. The molecule has 1 saturated heterocycles. The lowest BCUT2D eigenvalue weighted by Crippen LogP contribution is -2.41. The van der Waals surface area contributed by atoms with E-state index in [1.54, 1.807) is 0 Å². The van der Waals surface area contributed by atoms with Gasteiger partial charge in [-0.2, -0.15) is 0 Å². The average molecular weight is 351 g/mol. The highest BCUT2D eigenvalue weighted by Gasteiger charge is 2.30. The molecule has 116 valence electrons. The number of nitrogens with one attached hydrogen (secondary N) is 1. The molecule has 0 atom stereocenters. The van der Waals surface area contributed by atoms with Crippen LogP contribution in [0.3, 0.4) is 0 Å². The first-order valence-corrected chi connectivity index (χ1v) is 9.32. The Morgan fingerprint density at radius 1 is 1.10 bits per heavy atom. The van der Waals surface area contributed by atoms with Gasteiger partial charge < -0.3 is 10.2 Å². The molecule has 0 spiro atoms. The Morgan fingerprint density at radius 2 is 1.86 bits per heavy atom. The van der Waals surface area contributed by atoms with Crippen molar-refractivity contribution in [1.29, 1.82) is 0 Å². The normalized spacial score (nSPS) is 26.5. The molecule has 1 aromatic carbocycles. The SMILES string of the molecule is Brc1ccccc1C1CC(NCCCN2CCCCC2)C1. The maximum absolute atomic E-state index is 3.74. The molecule has 21 heavy (non-hydrogen) atoms. The van der Waals surface area contributed by atoms with E-state index < -0.39 is 0 Å². The number of nitrogens with zero attached hydrogens (tertiary/aromatic N) is 1. The summed E-state index contributed by atoms with van der Waals surface area (Å²) in [7, 11) is 0. The summed E-state index contributed by atoms with van der Waals surface area (Å²) in [6.07, 6.45) is 8.15. The molecule has 3 heteroatoms. The van der Waals surface area contributed by atoms with Crippen LogP contribution in [0, 0.1) is 0 Å². The topological polar surface area (TPSA) is 15.3 Å². The number of benzene rings is 1. The molecule has 0 amide bonds. The summed E-state index contributed by atoms with van der Waals surface area (Å²) in [4.78, 5) is 2.63. The second-order valence-corrected chi connectivity index (χ2v) is 7.45. The summed E-state index contributed by atoms with van der Waals surface area (Å²) in [5.74, 6) is 0.750. The predicted molar refractivity (Wildman–Crippen MR) is 92.8 cm³/mol. The molecule has 2 nitrogen and oxygen atoms in total. The fourth-order valence-corrected chi connectivity index (χ4v) is 4.25. The van der Waals surface area contributed by atoms with Crippen molar-refractivity contribution < 1.29 is 0 Å². The zero-order valence-corrected chi connectivity index (χ0v) is 14.4. The van der Waals surface area contributed by atoms with Gasteiger partial charge >= 0.3 is 0 Å². The summed E-state index contributed by atoms with van der Waals surface area (Å²) in [6.45, 7) is 5.12. The van der Waals surface area contributed by atoms with Gasteiger partial charge in [0.1, 0.15) is 0 Å². The van der Waals surface area contributed by atoms with Gasteiger partial charge in [0.2, 0.25) is 0 Å². The molecule has 0 bridgehead atoms. The highest BCUT2D eigenvalue weighted by Crippen LogP contribution is 2.39. The van der Waals surface area contributed by atoms with Crippen molar-refractivity contribution in [3.8, 4) is 0 Å². The fraction of sp³-hybridized carbons (Fsp3) is 0.667. The highest BCUT2D eigenvalue weighted by atomic mass is 79.9. The van der Waals surface area contributed by atoms with Gasteiger partial charge in [-0.25, -0.2) is 0 Å². The smallest absolute Gasteiger partial charge is 0.0210 e. The third-order valence-electron chi connectivity index (χ3n) is 5.02. The molecule has 2 fully saturated rings. The van der Waals surface area contributed by atoms with Crippen molar-refractivity contribution in [2.75, 3.05) is 26.2 Å². The van der Waals surface area contributed by atoms with Crippen molar-refractivity contribution in [2.24, 2.45) is 0 Å². The second kappa shape index (κ2) is 7.75. The van der Waals surface area contributed by atoms with E-state index in [1.807, 2.05) is 0 Å². The molecule has 0 aromatic heterocycles. The maximum Gasteiger partial charge on any atom is 0.0210 e. The molecule has 1 aliphatic heterocycles. The Morgan fingerprint density at radius 3 is 2.62 bits per heavy atom. The van der Waals surface area contributed by atoms with Crippen LogP contribution >= 0.6 is 15.9 Å². The molecule has 1 aliphatic carbocycles. The van der Waals surface area contributed by atoms with Crippen LogP contribution in [0.15, 0.2) is 28.7 Å². The summed E-state index contributed by atoms with van der Waals surface area (Å²) < 4.78 is 1.28. The lowest BCUT2D eigenvalue weighted by Gasteiger charge is -2.37. The minimum atomic E-state index is 0.739. The quantitative estimate of drug-likeness (QED) is 0.774. The van der Waals surface area contributed by atoms with E-state index in [9.17, 15) is 0 Å². The first-order valence-electron chi connectivity index (χ1n) is 8.53. The number of halogens is 1. The Hall–Kier alpha value is -0.380. The van der Waals surface area contributed by atoms with E-state index in [1.165, 1.54) is 74.7 Å². The first kappa shape index (κ1) is 15.5. The van der Waals surface area contributed by atoms with Crippen LogP contribution in [-0.2, 0) is 0 Å². The average Bonchev–Trinajstić information content (AvgIpc) is 2.47. The second-order valence-electron chi connectivity index (χ2n) is 6.60. The number of likely N-dealkylation sites (tertiary alicyclic amines) is 1. The fourth-order valence-electron chi connectivity index (χ4n) is 3.64. The van der Waals surface area contributed by atoms with E-state index in [0.717, 1.165) is 12.0 Å². The van der Waals surface area contributed by atoms with Crippen LogP contribution in [0.1, 0.15) is 50.0 Å². The van der Waals surface area contributed by atoms with Gasteiger partial charge in [-0.1, -0.05) is 40.5 Å². The summed E-state index contributed by atoms with van der Waals surface area (Å²) in [6, 6.07) is 9.42. The molecule has 1 aromatic rings. The molecule has 0 unspecified atom stereocenters. The lowest BCUT2D eigenvalue weighted by molar-refractivity contribution is 0.220. The highest BCUT2D eigenvalue weighted by molar-refractivity contribution is 9.10. The Balaban J connectivity index is 1.30. The van der Waals surface area contributed by atoms with Crippen molar-refractivity contribution in [3.63, 3.8) is 0 Å². The maximum atomic E-state index is 3.74. The van der Waals surface area contributed by atoms with Crippen LogP contribution in [0.25, 0.3) is 0 Å². The van der Waals surface area contributed by atoms with Gasteiger partial charge in [0.15, 0.2) is 0 Å². The molecule has 3 rings (SSSR count). The Kier molecular flexibility index (Phi) is 5.73. The molecule has 1 heterocycles. The Bertz CT molecular complexity index is 437. The number of hydrogen-bond acceptors (Lipinski definition) is 2. The molecular formula is C18H27BrN2. The van der Waals surface area contributed by atoms with Gasteiger partial charge in [-0.15, -0.1) is 0 Å². The molecule has 1 N–H and O–H groups in total. The standard InChI is InChI=1S/C18H27BrN2/c19-18-8-3-2-7-17(18)15-13-16(14-15)20-9-6-12-21-10-4-1-5-11-21/h2-3,7-8,15-16,20H,1,4-6,9-14H2. The number of hydrogen-bond donors (Lipinski definition) is 1. The lowest BCUT2D eigenvalue weighted by atomic mass is 9.76. The van der Waals surface area contributed by atoms with Crippen molar-refractivity contribution >= 4 is 15.9 Å². The van der Waals surface area contributed by atoms with Gasteiger partial charge in [0.05, 0.1) is 0 Å². The van der Waals surface area contributed by atoms with Crippen molar-refractivity contribution in [1.82, 2.24) is 10.2 Å². The predicted octanol–water partition coefficient (Wildman–Crippen LogP) is 4.16. The van der Waals surface area contributed by atoms with Gasteiger partial charge in [0.25, 0.3) is 0 Å². The minimum absolute atomic E-state index is 0.739. The molecule has 1 saturated carbocycles. The van der Waals surface area contributed by atoms with Gasteiger partial charge in [0, 0.05) is 10.5 Å². The van der Waals surface area contributed by atoms with Crippen LogP contribution in [0.5, 0.6) is 0 Å². The van der Waals surface area contributed by atoms with Crippen LogP contribution < -0.4 is 5.32 Å². The summed E-state index contributed by atoms with van der Waals surface area (Å²) in [5, 5.41) is 3.74. The third-order valence-corrected chi connectivity index (χ3v) is 5.74. The van der Waals surface area contributed by atoms with E-state index in [4.69, 9.17) is 0 Å². The van der Waals surface area contributed by atoms with Crippen LogP contribution in [-0.4, -0.2) is 37.1 Å². The van der Waals surface area contributed by atoms with E-state index in [0.29, 0.717) is 0 Å². The Labute approximate surface area is 137 Å². The van der Waals surface area contributed by atoms with Gasteiger partial charge in [-0.05, 0) is 75.8 Å². The van der Waals surface area contributed by atoms with E-state index >= 15 is 0 Å². The van der Waals surface area contributed by atoms with Crippen molar-refractivity contribution in [2.45, 2.75) is 50.5 Å². The molecule has 2 aliphatic rings. The van der Waals surface area contributed by atoms with Crippen LogP contribution in [0.4, 0.5) is 0 Å². The van der Waals surface area contributed by atoms with Gasteiger partial charge in [-0.3, -0.25) is 0 Å². The zero-order valence-electron chi connectivity index (χ0n) is 12.9. The zero-order chi connectivity index (χ0) is 14.5. The summed E-state index contributed by atoms with van der Waals surface area (Å²) >= 11 is 3.67. The van der Waals surface area contributed by atoms with Crippen molar-refractivity contribution in [3.05, 3.63) is 34.3 Å².